The highest BCUT2D eigenvalue weighted by atomic mass is 32.2. The zero-order valence-corrected chi connectivity index (χ0v) is 12.3. The van der Waals surface area contributed by atoms with E-state index in [4.69, 9.17) is 5.73 Å². The third-order valence-corrected chi connectivity index (χ3v) is 3.71. The summed E-state index contributed by atoms with van der Waals surface area (Å²) in [5.41, 5.74) is 5.58. The van der Waals surface area contributed by atoms with Gasteiger partial charge in [-0.1, -0.05) is 19.8 Å². The van der Waals surface area contributed by atoms with E-state index in [1.807, 2.05) is 0 Å². The molecule has 4 heteroatoms. The first-order valence-electron chi connectivity index (χ1n) is 6.62. The molecule has 0 aromatic heterocycles. The van der Waals surface area contributed by atoms with Crippen molar-refractivity contribution in [3.05, 3.63) is 0 Å². The Morgan fingerprint density at radius 3 is 2.59 bits per heavy atom. The Labute approximate surface area is 110 Å². The van der Waals surface area contributed by atoms with Gasteiger partial charge in [-0.05, 0) is 38.5 Å². The fourth-order valence-electron chi connectivity index (χ4n) is 2.05. The molecular formula is C13H28N2OS. The molecule has 0 fully saturated rings. The van der Waals surface area contributed by atoms with Crippen LogP contribution in [0.5, 0.6) is 0 Å². The number of nitrogens with one attached hydrogen (secondary N) is 1. The van der Waals surface area contributed by atoms with Crippen molar-refractivity contribution in [2.75, 3.05) is 18.6 Å². The smallest absolute Gasteiger partial charge is 0.220 e. The van der Waals surface area contributed by atoms with E-state index in [-0.39, 0.29) is 11.9 Å². The van der Waals surface area contributed by atoms with Gasteiger partial charge in [-0.25, -0.2) is 0 Å². The largest absolute Gasteiger partial charge is 0.353 e. The van der Waals surface area contributed by atoms with Crippen molar-refractivity contribution in [2.24, 2.45) is 11.7 Å². The Hall–Kier alpha value is -0.220. The lowest BCUT2D eigenvalue weighted by atomic mass is 9.94. The molecule has 0 bridgehead atoms. The minimum atomic E-state index is 0.185. The average Bonchev–Trinajstić information content (AvgIpc) is 2.27. The van der Waals surface area contributed by atoms with E-state index in [2.05, 4.69) is 25.4 Å². The van der Waals surface area contributed by atoms with Gasteiger partial charge in [0.2, 0.25) is 5.91 Å². The first kappa shape index (κ1) is 16.8. The number of carbonyl (C=O) groups is 1. The average molecular weight is 260 g/mol. The molecule has 2 unspecified atom stereocenters. The van der Waals surface area contributed by atoms with Gasteiger partial charge in [-0.15, -0.1) is 0 Å². The Morgan fingerprint density at radius 1 is 1.35 bits per heavy atom. The van der Waals surface area contributed by atoms with Crippen LogP contribution in [-0.4, -0.2) is 30.5 Å². The summed E-state index contributed by atoms with van der Waals surface area (Å²) in [6.45, 7) is 4.97. The molecule has 0 saturated carbocycles. The lowest BCUT2D eigenvalue weighted by Gasteiger charge is -2.16. The van der Waals surface area contributed by atoms with E-state index in [9.17, 15) is 4.79 Å². The van der Waals surface area contributed by atoms with Crippen LogP contribution in [0.3, 0.4) is 0 Å². The van der Waals surface area contributed by atoms with Gasteiger partial charge in [0.15, 0.2) is 0 Å². The number of rotatable bonds is 10. The van der Waals surface area contributed by atoms with E-state index in [1.165, 1.54) is 12.8 Å². The second-order valence-corrected chi connectivity index (χ2v) is 5.61. The summed E-state index contributed by atoms with van der Waals surface area (Å²) in [6.07, 6.45) is 7.08. The maximum Gasteiger partial charge on any atom is 0.220 e. The molecule has 102 valence electrons. The number of hydrogen-bond acceptors (Lipinski definition) is 3. The SMILES string of the molecule is CCCC(CCN)CCC(=O)NC(C)CSC. The Bertz CT molecular complexity index is 194. The summed E-state index contributed by atoms with van der Waals surface area (Å²) < 4.78 is 0. The van der Waals surface area contributed by atoms with E-state index in [0.29, 0.717) is 12.3 Å². The van der Waals surface area contributed by atoms with Gasteiger partial charge in [0, 0.05) is 18.2 Å². The van der Waals surface area contributed by atoms with E-state index in [1.54, 1.807) is 11.8 Å². The molecule has 1 amide bonds. The molecule has 0 aromatic carbocycles. The van der Waals surface area contributed by atoms with Crippen LogP contribution in [0.15, 0.2) is 0 Å². The molecule has 0 heterocycles. The van der Waals surface area contributed by atoms with Crippen LogP contribution in [0, 0.1) is 5.92 Å². The Kier molecular flexibility index (Phi) is 10.8. The number of nitrogens with two attached hydrogens (primary N) is 1. The highest BCUT2D eigenvalue weighted by Gasteiger charge is 2.11. The Morgan fingerprint density at radius 2 is 2.06 bits per heavy atom. The molecule has 3 nitrogen and oxygen atoms in total. The topological polar surface area (TPSA) is 55.1 Å². The molecule has 0 aliphatic rings. The highest BCUT2D eigenvalue weighted by Crippen LogP contribution is 2.16. The fraction of sp³-hybridized carbons (Fsp3) is 0.923. The molecule has 0 aromatic rings. The normalized spacial score (nSPS) is 14.4. The van der Waals surface area contributed by atoms with Crippen molar-refractivity contribution >= 4 is 17.7 Å². The first-order chi connectivity index (χ1) is 8.13. The van der Waals surface area contributed by atoms with Gasteiger partial charge < -0.3 is 11.1 Å². The molecule has 0 aliphatic heterocycles. The van der Waals surface area contributed by atoms with Crippen LogP contribution in [0.25, 0.3) is 0 Å². The second-order valence-electron chi connectivity index (χ2n) is 4.69. The molecule has 0 rings (SSSR count). The monoisotopic (exact) mass is 260 g/mol. The molecule has 17 heavy (non-hydrogen) atoms. The molecular weight excluding hydrogens is 232 g/mol. The van der Waals surface area contributed by atoms with Crippen LogP contribution in [-0.2, 0) is 4.79 Å². The van der Waals surface area contributed by atoms with Crippen molar-refractivity contribution in [1.29, 1.82) is 0 Å². The zero-order chi connectivity index (χ0) is 13.1. The van der Waals surface area contributed by atoms with Crippen molar-refractivity contribution in [2.45, 2.75) is 52.0 Å². The molecule has 0 saturated heterocycles. The summed E-state index contributed by atoms with van der Waals surface area (Å²) in [6, 6.07) is 0.275. The zero-order valence-electron chi connectivity index (χ0n) is 11.5. The highest BCUT2D eigenvalue weighted by molar-refractivity contribution is 7.98. The van der Waals surface area contributed by atoms with Gasteiger partial charge in [0.25, 0.3) is 0 Å². The summed E-state index contributed by atoms with van der Waals surface area (Å²) >= 11 is 1.76. The maximum atomic E-state index is 11.7. The predicted octanol–water partition coefficient (Wildman–Crippen LogP) is 2.40. The van der Waals surface area contributed by atoms with Crippen molar-refractivity contribution in [3.63, 3.8) is 0 Å². The third-order valence-electron chi connectivity index (χ3n) is 2.88. The van der Waals surface area contributed by atoms with Crippen molar-refractivity contribution in [1.82, 2.24) is 5.32 Å². The minimum absolute atomic E-state index is 0.185. The number of amides is 1. The van der Waals surface area contributed by atoms with Crippen molar-refractivity contribution in [3.8, 4) is 0 Å². The number of hydrogen-bond donors (Lipinski definition) is 2. The molecule has 0 aliphatic carbocycles. The molecule has 0 radical (unpaired) electrons. The molecule has 2 atom stereocenters. The summed E-state index contributed by atoms with van der Waals surface area (Å²) in [4.78, 5) is 11.7. The number of carbonyl (C=O) groups excluding carboxylic acids is 1. The van der Waals surface area contributed by atoms with Crippen LogP contribution in [0.1, 0.15) is 46.0 Å². The lowest BCUT2D eigenvalue weighted by molar-refractivity contribution is -0.121. The van der Waals surface area contributed by atoms with Crippen LogP contribution in [0.2, 0.25) is 0 Å². The van der Waals surface area contributed by atoms with Crippen LogP contribution >= 0.6 is 11.8 Å². The maximum absolute atomic E-state index is 11.7. The minimum Gasteiger partial charge on any atom is -0.353 e. The summed E-state index contributed by atoms with van der Waals surface area (Å²) in [7, 11) is 0. The van der Waals surface area contributed by atoms with Gasteiger partial charge in [-0.2, -0.15) is 11.8 Å². The van der Waals surface area contributed by atoms with Crippen LogP contribution in [0.4, 0.5) is 0 Å². The van der Waals surface area contributed by atoms with Crippen LogP contribution < -0.4 is 11.1 Å². The van der Waals surface area contributed by atoms with E-state index < -0.39 is 0 Å². The lowest BCUT2D eigenvalue weighted by Crippen LogP contribution is -2.34. The number of thioether (sulfide) groups is 1. The predicted molar refractivity (Wildman–Crippen MR) is 77.3 cm³/mol. The van der Waals surface area contributed by atoms with E-state index >= 15 is 0 Å². The van der Waals surface area contributed by atoms with E-state index in [0.717, 1.165) is 25.1 Å². The summed E-state index contributed by atoms with van der Waals surface area (Å²) in [5, 5.41) is 3.03. The standard InChI is InChI=1S/C13H28N2OS/c1-4-5-12(8-9-14)6-7-13(16)15-11(2)10-17-3/h11-12H,4-10,14H2,1-3H3,(H,15,16). The van der Waals surface area contributed by atoms with Gasteiger partial charge in [0.1, 0.15) is 0 Å². The van der Waals surface area contributed by atoms with Gasteiger partial charge in [0.05, 0.1) is 0 Å². The molecule has 0 spiro atoms. The first-order valence-corrected chi connectivity index (χ1v) is 8.01. The third kappa shape index (κ3) is 9.48. The van der Waals surface area contributed by atoms with Gasteiger partial charge >= 0.3 is 0 Å². The second kappa shape index (κ2) is 10.9. The van der Waals surface area contributed by atoms with Crippen molar-refractivity contribution < 1.29 is 4.79 Å². The quantitative estimate of drug-likeness (QED) is 0.634. The fourth-order valence-corrected chi connectivity index (χ4v) is 2.63. The summed E-state index contributed by atoms with van der Waals surface area (Å²) in [5.74, 6) is 1.78. The Balaban J connectivity index is 3.78. The van der Waals surface area contributed by atoms with Gasteiger partial charge in [-0.3, -0.25) is 4.79 Å². The molecule has 3 N–H and O–H groups in total.